The van der Waals surface area contributed by atoms with Gasteiger partial charge in [0.1, 0.15) is 5.75 Å². The average molecular weight is 380 g/mol. The molecule has 0 saturated carbocycles. The second-order valence-electron chi connectivity index (χ2n) is 5.41. The van der Waals surface area contributed by atoms with E-state index in [1.54, 1.807) is 54.6 Å². The molecule has 0 unspecified atom stereocenters. The van der Waals surface area contributed by atoms with Gasteiger partial charge in [-0.15, -0.1) is 10.2 Å². The third kappa shape index (κ3) is 5.42. The third-order valence-corrected chi connectivity index (χ3v) is 3.63. The molecule has 2 N–H and O–H groups in total. The van der Waals surface area contributed by atoms with Gasteiger partial charge in [-0.1, -0.05) is 17.7 Å². The van der Waals surface area contributed by atoms with Crippen LogP contribution in [0.4, 0.5) is 17.3 Å². The predicted molar refractivity (Wildman–Crippen MR) is 102 cm³/mol. The molecule has 1 amide bonds. The highest BCUT2D eigenvalue weighted by atomic mass is 35.5. The molecule has 3 aromatic rings. The summed E-state index contributed by atoms with van der Waals surface area (Å²) in [5.74, 6) is 0.970. The second-order valence-corrected chi connectivity index (χ2v) is 5.85. The van der Waals surface area contributed by atoms with Gasteiger partial charge in [-0.05, 0) is 54.6 Å². The molecule has 0 aliphatic heterocycles. The highest BCUT2D eigenvalue weighted by Gasteiger charge is 2.06. The van der Waals surface area contributed by atoms with E-state index in [1.165, 1.54) is 0 Å². The molecule has 27 heavy (non-hydrogen) atoms. The van der Waals surface area contributed by atoms with Gasteiger partial charge in [-0.25, -0.2) is 0 Å². The number of halogens is 1. The summed E-state index contributed by atoms with van der Waals surface area (Å²) in [6.07, 6.45) is 0. The monoisotopic (exact) mass is 379 g/mol. The number of rotatable bonds is 6. The summed E-state index contributed by atoms with van der Waals surface area (Å²) in [4.78, 5) is 11.9. The number of hydrogen-bond donors (Lipinski definition) is 2. The van der Waals surface area contributed by atoms with Crippen LogP contribution in [-0.4, -0.2) is 22.7 Å². The van der Waals surface area contributed by atoms with E-state index in [0.717, 1.165) is 5.69 Å². The molecule has 3 rings (SSSR count). The molecule has 1 aromatic heterocycles. The highest BCUT2D eigenvalue weighted by molar-refractivity contribution is 6.30. The Morgan fingerprint density at radius 2 is 1.81 bits per heavy atom. The molecule has 0 radical (unpaired) electrons. The van der Waals surface area contributed by atoms with E-state index >= 15 is 0 Å². The van der Waals surface area contributed by atoms with Crippen LogP contribution in [0, 0.1) is 11.3 Å². The van der Waals surface area contributed by atoms with E-state index in [-0.39, 0.29) is 12.5 Å². The normalized spacial score (nSPS) is 9.93. The largest absolute Gasteiger partial charge is 0.484 e. The predicted octanol–water partition coefficient (Wildman–Crippen LogP) is 3.76. The first kappa shape index (κ1) is 18.2. The number of amides is 1. The number of nitrogens with zero attached hydrogens (tertiary/aromatic N) is 3. The van der Waals surface area contributed by atoms with E-state index < -0.39 is 0 Å². The summed E-state index contributed by atoms with van der Waals surface area (Å²) in [5, 5.41) is 23.1. The van der Waals surface area contributed by atoms with Crippen molar-refractivity contribution in [1.82, 2.24) is 10.2 Å². The van der Waals surface area contributed by atoms with Crippen molar-refractivity contribution in [1.29, 1.82) is 5.26 Å². The van der Waals surface area contributed by atoms with E-state index in [0.29, 0.717) is 28.0 Å². The molecule has 1 heterocycles. The molecule has 134 valence electrons. The van der Waals surface area contributed by atoms with Gasteiger partial charge < -0.3 is 15.4 Å². The second kappa shape index (κ2) is 8.65. The Labute approximate surface area is 160 Å². The molecule has 2 aromatic carbocycles. The van der Waals surface area contributed by atoms with Crippen LogP contribution in [0.3, 0.4) is 0 Å². The van der Waals surface area contributed by atoms with Crippen molar-refractivity contribution in [2.24, 2.45) is 0 Å². The van der Waals surface area contributed by atoms with Crippen LogP contribution < -0.4 is 15.4 Å². The lowest BCUT2D eigenvalue weighted by atomic mass is 10.2. The summed E-state index contributed by atoms with van der Waals surface area (Å²) >= 11 is 5.79. The van der Waals surface area contributed by atoms with Crippen LogP contribution in [-0.2, 0) is 4.79 Å². The van der Waals surface area contributed by atoms with Crippen molar-refractivity contribution >= 4 is 34.8 Å². The lowest BCUT2D eigenvalue weighted by Gasteiger charge is -2.08. The number of carbonyl (C=O) groups excluding carboxylic acids is 1. The Morgan fingerprint density at radius 3 is 2.52 bits per heavy atom. The van der Waals surface area contributed by atoms with Crippen LogP contribution in [0.2, 0.25) is 5.02 Å². The number of ether oxygens (including phenoxy) is 1. The molecule has 0 aliphatic rings. The van der Waals surface area contributed by atoms with Crippen molar-refractivity contribution in [3.63, 3.8) is 0 Å². The third-order valence-electron chi connectivity index (χ3n) is 3.38. The van der Waals surface area contributed by atoms with Gasteiger partial charge >= 0.3 is 0 Å². The van der Waals surface area contributed by atoms with Gasteiger partial charge in [0, 0.05) is 10.7 Å². The van der Waals surface area contributed by atoms with Gasteiger partial charge in [0.05, 0.1) is 11.6 Å². The summed E-state index contributed by atoms with van der Waals surface area (Å²) < 4.78 is 5.36. The Bertz CT molecular complexity index is 969. The Morgan fingerprint density at radius 1 is 1.07 bits per heavy atom. The van der Waals surface area contributed by atoms with Gasteiger partial charge in [-0.2, -0.15) is 5.26 Å². The van der Waals surface area contributed by atoms with Crippen LogP contribution in [0.5, 0.6) is 5.75 Å². The number of benzene rings is 2. The van der Waals surface area contributed by atoms with E-state index in [4.69, 9.17) is 21.6 Å². The van der Waals surface area contributed by atoms with Crippen LogP contribution in [0.15, 0.2) is 60.7 Å². The zero-order valence-corrected chi connectivity index (χ0v) is 14.8. The van der Waals surface area contributed by atoms with Crippen molar-refractivity contribution in [3.05, 3.63) is 71.2 Å². The first-order valence-electron chi connectivity index (χ1n) is 7.91. The van der Waals surface area contributed by atoms with Crippen molar-refractivity contribution in [3.8, 4) is 11.8 Å². The highest BCUT2D eigenvalue weighted by Crippen LogP contribution is 2.17. The number of carbonyl (C=O) groups is 1. The number of anilines is 3. The molecule has 0 fully saturated rings. The van der Waals surface area contributed by atoms with Crippen LogP contribution in [0.25, 0.3) is 0 Å². The smallest absolute Gasteiger partial charge is 0.263 e. The maximum atomic E-state index is 11.9. The van der Waals surface area contributed by atoms with E-state index in [2.05, 4.69) is 26.9 Å². The molecule has 0 saturated heterocycles. The molecule has 0 atom stereocenters. The summed E-state index contributed by atoms with van der Waals surface area (Å²) in [6.45, 7) is -0.162. The number of hydrogen-bond acceptors (Lipinski definition) is 6. The van der Waals surface area contributed by atoms with E-state index in [1.807, 2.05) is 6.07 Å². The Hall–Kier alpha value is -3.63. The van der Waals surface area contributed by atoms with Gasteiger partial charge in [0.25, 0.3) is 5.91 Å². The number of aromatic nitrogens is 2. The number of nitrogens with one attached hydrogen (secondary N) is 2. The van der Waals surface area contributed by atoms with Gasteiger partial charge in [0.2, 0.25) is 0 Å². The van der Waals surface area contributed by atoms with Crippen LogP contribution >= 0.6 is 11.6 Å². The molecule has 8 heteroatoms. The zero-order valence-electron chi connectivity index (χ0n) is 14.0. The minimum absolute atomic E-state index is 0.162. The summed E-state index contributed by atoms with van der Waals surface area (Å²) in [5.41, 5.74) is 1.26. The zero-order chi connectivity index (χ0) is 19.1. The van der Waals surface area contributed by atoms with Gasteiger partial charge in [-0.3, -0.25) is 4.79 Å². The lowest BCUT2D eigenvalue weighted by Crippen LogP contribution is -2.21. The number of nitriles is 1. The van der Waals surface area contributed by atoms with Crippen molar-refractivity contribution in [2.45, 2.75) is 0 Å². The molecule has 0 aliphatic carbocycles. The fourth-order valence-electron chi connectivity index (χ4n) is 2.14. The summed E-state index contributed by atoms with van der Waals surface area (Å²) in [7, 11) is 0. The molecule has 0 spiro atoms. The van der Waals surface area contributed by atoms with Crippen molar-refractivity contribution < 1.29 is 9.53 Å². The average Bonchev–Trinajstić information content (AvgIpc) is 2.69. The standard InChI is InChI=1S/C19H14ClN5O2/c20-14-4-6-16(7-5-14)27-12-19(26)23-18-9-8-17(24-25-18)22-15-3-1-2-13(10-15)11-21/h1-10H,12H2,(H,22,24)(H,23,25,26). The Kier molecular flexibility index (Phi) is 5.82. The molecular weight excluding hydrogens is 366 g/mol. The van der Waals surface area contributed by atoms with Crippen LogP contribution in [0.1, 0.15) is 5.56 Å². The minimum atomic E-state index is -0.360. The summed E-state index contributed by atoms with van der Waals surface area (Å²) in [6, 6.07) is 19.1. The topological polar surface area (TPSA) is 99.9 Å². The maximum absolute atomic E-state index is 11.9. The maximum Gasteiger partial charge on any atom is 0.263 e. The fourth-order valence-corrected chi connectivity index (χ4v) is 2.26. The Balaban J connectivity index is 1.53. The molecular formula is C19H14ClN5O2. The van der Waals surface area contributed by atoms with Gasteiger partial charge in [0.15, 0.2) is 18.2 Å². The first-order valence-corrected chi connectivity index (χ1v) is 8.29. The SMILES string of the molecule is N#Cc1cccc(Nc2ccc(NC(=O)COc3ccc(Cl)cc3)nn2)c1. The lowest BCUT2D eigenvalue weighted by molar-refractivity contribution is -0.118. The first-order chi connectivity index (χ1) is 13.1. The fraction of sp³-hybridized carbons (Fsp3) is 0.0526. The van der Waals surface area contributed by atoms with E-state index in [9.17, 15) is 4.79 Å². The van der Waals surface area contributed by atoms with Crippen molar-refractivity contribution in [2.75, 3.05) is 17.2 Å². The quantitative estimate of drug-likeness (QED) is 0.676. The molecule has 0 bridgehead atoms. The minimum Gasteiger partial charge on any atom is -0.484 e. The molecule has 7 nitrogen and oxygen atoms in total.